The molecule has 1 aliphatic heterocycles. The molecule has 1 aliphatic rings. The Kier molecular flexibility index (Phi) is 5.25. The van der Waals surface area contributed by atoms with Crippen molar-refractivity contribution < 1.29 is 9.53 Å². The molecule has 8 heteroatoms. The number of nitrogens with zero attached hydrogens (tertiary/aromatic N) is 4. The zero-order chi connectivity index (χ0) is 21.4. The number of rotatable bonds is 5. The number of fused-ring (bicyclic) bond motifs is 2. The maximum atomic E-state index is 13.5. The summed E-state index contributed by atoms with van der Waals surface area (Å²) in [5, 5.41) is 6.33. The molecule has 0 spiro atoms. The number of hydrogen-bond acceptors (Lipinski definition) is 6. The van der Waals surface area contributed by atoms with Gasteiger partial charge in [0.15, 0.2) is 5.13 Å². The largest absolute Gasteiger partial charge is 0.376 e. The number of thiazole rings is 1. The molecule has 158 valence electrons. The van der Waals surface area contributed by atoms with Gasteiger partial charge >= 0.3 is 0 Å². The average Bonchev–Trinajstić information content (AvgIpc) is 3.45. The Bertz CT molecular complexity index is 1290. The fraction of sp³-hybridized carbons (Fsp3) is 0.304. The SMILES string of the molecule is Cn1nc(CC(=O)N(C[C@H]2CCCO2)c2nc3ccccc3s2)c2ccccc2c1=O. The molecular weight excluding hydrogens is 412 g/mol. The van der Waals surface area contributed by atoms with Crippen molar-refractivity contribution in [1.29, 1.82) is 0 Å². The lowest BCUT2D eigenvalue weighted by molar-refractivity contribution is -0.118. The number of carbonyl (C=O) groups excluding carboxylic acids is 1. The van der Waals surface area contributed by atoms with Crippen LogP contribution < -0.4 is 10.5 Å². The zero-order valence-corrected chi connectivity index (χ0v) is 18.0. The van der Waals surface area contributed by atoms with Gasteiger partial charge in [-0.2, -0.15) is 5.10 Å². The molecule has 0 unspecified atom stereocenters. The van der Waals surface area contributed by atoms with Gasteiger partial charge in [0.2, 0.25) is 5.91 Å². The molecular formula is C23H22N4O3S. The summed E-state index contributed by atoms with van der Waals surface area (Å²) < 4.78 is 8.14. The van der Waals surface area contributed by atoms with Crippen molar-refractivity contribution in [2.24, 2.45) is 7.05 Å². The Balaban J connectivity index is 1.52. The molecule has 1 amide bonds. The third kappa shape index (κ3) is 3.84. The van der Waals surface area contributed by atoms with Crippen LogP contribution >= 0.6 is 11.3 Å². The van der Waals surface area contributed by atoms with Gasteiger partial charge in [0.25, 0.3) is 5.56 Å². The van der Waals surface area contributed by atoms with E-state index in [1.807, 2.05) is 42.5 Å². The van der Waals surface area contributed by atoms with E-state index in [0.29, 0.717) is 28.1 Å². The summed E-state index contributed by atoms with van der Waals surface area (Å²) in [6.45, 7) is 1.18. The number of aryl methyl sites for hydroxylation is 1. The third-order valence-electron chi connectivity index (χ3n) is 5.58. The summed E-state index contributed by atoms with van der Waals surface area (Å²) in [6, 6.07) is 15.2. The summed E-state index contributed by atoms with van der Waals surface area (Å²) in [7, 11) is 1.61. The van der Waals surface area contributed by atoms with Gasteiger partial charge in [-0.25, -0.2) is 9.67 Å². The molecule has 0 radical (unpaired) electrons. The van der Waals surface area contributed by atoms with E-state index in [-0.39, 0.29) is 24.0 Å². The molecule has 3 heterocycles. The topological polar surface area (TPSA) is 77.3 Å². The van der Waals surface area contributed by atoms with Crippen molar-refractivity contribution in [2.45, 2.75) is 25.4 Å². The fourth-order valence-electron chi connectivity index (χ4n) is 4.00. The van der Waals surface area contributed by atoms with Gasteiger partial charge in [-0.05, 0) is 31.0 Å². The standard InChI is InChI=1S/C23H22N4O3S/c1-26-22(29)17-9-3-2-8-16(17)19(25-26)13-21(28)27(14-15-7-6-12-30-15)23-24-18-10-4-5-11-20(18)31-23/h2-5,8-11,15H,6-7,12-14H2,1H3/t15-/m1/s1. The second-order valence-electron chi connectivity index (χ2n) is 7.70. The van der Waals surface area contributed by atoms with Crippen LogP contribution in [0.4, 0.5) is 5.13 Å². The van der Waals surface area contributed by atoms with E-state index in [1.165, 1.54) is 16.0 Å². The van der Waals surface area contributed by atoms with Crippen molar-refractivity contribution in [3.63, 3.8) is 0 Å². The number of ether oxygens (including phenoxy) is 1. The van der Waals surface area contributed by atoms with E-state index < -0.39 is 0 Å². The Morgan fingerprint density at radius 1 is 1.19 bits per heavy atom. The molecule has 0 N–H and O–H groups in total. The zero-order valence-electron chi connectivity index (χ0n) is 17.2. The molecule has 5 rings (SSSR count). The number of aromatic nitrogens is 3. The second-order valence-corrected chi connectivity index (χ2v) is 8.71. The van der Waals surface area contributed by atoms with Crippen LogP contribution in [-0.4, -0.2) is 39.9 Å². The number of hydrogen-bond donors (Lipinski definition) is 0. The van der Waals surface area contributed by atoms with Crippen molar-refractivity contribution in [3.8, 4) is 0 Å². The highest BCUT2D eigenvalue weighted by Gasteiger charge is 2.27. The molecule has 1 atom stereocenters. The number of benzene rings is 2. The van der Waals surface area contributed by atoms with Crippen molar-refractivity contribution in [3.05, 3.63) is 64.6 Å². The average molecular weight is 435 g/mol. The number of amides is 1. The highest BCUT2D eigenvalue weighted by atomic mass is 32.1. The van der Waals surface area contributed by atoms with E-state index in [2.05, 4.69) is 5.10 Å². The summed E-state index contributed by atoms with van der Waals surface area (Å²) in [6.07, 6.45) is 2.01. The fourth-order valence-corrected chi connectivity index (χ4v) is 4.99. The maximum Gasteiger partial charge on any atom is 0.274 e. The molecule has 2 aromatic carbocycles. The van der Waals surface area contributed by atoms with E-state index in [4.69, 9.17) is 9.72 Å². The number of anilines is 1. The van der Waals surface area contributed by atoms with Crippen LogP contribution in [0.1, 0.15) is 18.5 Å². The van der Waals surface area contributed by atoms with E-state index in [0.717, 1.165) is 29.7 Å². The van der Waals surface area contributed by atoms with Crippen LogP contribution in [0.25, 0.3) is 21.0 Å². The molecule has 1 fully saturated rings. The van der Waals surface area contributed by atoms with Crippen LogP contribution in [-0.2, 0) is 23.0 Å². The molecule has 4 aromatic rings. The summed E-state index contributed by atoms with van der Waals surface area (Å²) in [5.41, 5.74) is 1.29. The smallest absolute Gasteiger partial charge is 0.274 e. The van der Waals surface area contributed by atoms with E-state index in [1.54, 1.807) is 18.0 Å². The van der Waals surface area contributed by atoms with Gasteiger partial charge in [0.1, 0.15) is 0 Å². The molecule has 1 saturated heterocycles. The van der Waals surface area contributed by atoms with Gasteiger partial charge in [-0.15, -0.1) is 0 Å². The summed E-state index contributed by atoms with van der Waals surface area (Å²) >= 11 is 1.50. The van der Waals surface area contributed by atoms with Gasteiger partial charge in [-0.3, -0.25) is 14.5 Å². The monoisotopic (exact) mass is 434 g/mol. The van der Waals surface area contributed by atoms with Crippen LogP contribution in [0.15, 0.2) is 53.3 Å². The first-order valence-corrected chi connectivity index (χ1v) is 11.1. The number of carbonyl (C=O) groups is 1. The predicted octanol–water partition coefficient (Wildman–Crippen LogP) is 3.30. The molecule has 7 nitrogen and oxygen atoms in total. The Hall–Kier alpha value is -3.10. The molecule has 31 heavy (non-hydrogen) atoms. The van der Waals surface area contributed by atoms with Gasteiger partial charge in [-0.1, -0.05) is 41.7 Å². The Labute approximate surface area is 182 Å². The lowest BCUT2D eigenvalue weighted by atomic mass is 10.1. The minimum Gasteiger partial charge on any atom is -0.376 e. The first-order chi connectivity index (χ1) is 15.1. The predicted molar refractivity (Wildman–Crippen MR) is 122 cm³/mol. The summed E-state index contributed by atoms with van der Waals surface area (Å²) in [4.78, 5) is 32.4. The van der Waals surface area contributed by atoms with Gasteiger partial charge < -0.3 is 4.74 Å². The highest BCUT2D eigenvalue weighted by Crippen LogP contribution is 2.30. The normalized spacial score (nSPS) is 16.2. The van der Waals surface area contributed by atoms with Crippen LogP contribution in [0, 0.1) is 0 Å². The maximum absolute atomic E-state index is 13.5. The Morgan fingerprint density at radius 3 is 2.74 bits per heavy atom. The van der Waals surface area contributed by atoms with Crippen LogP contribution in [0.5, 0.6) is 0 Å². The first kappa shape index (κ1) is 19.8. The van der Waals surface area contributed by atoms with Crippen molar-refractivity contribution >= 4 is 43.4 Å². The number of para-hydroxylation sites is 1. The van der Waals surface area contributed by atoms with E-state index in [9.17, 15) is 9.59 Å². The van der Waals surface area contributed by atoms with Gasteiger partial charge in [0, 0.05) is 19.0 Å². The van der Waals surface area contributed by atoms with Crippen LogP contribution in [0.3, 0.4) is 0 Å². The van der Waals surface area contributed by atoms with Crippen molar-refractivity contribution in [1.82, 2.24) is 14.8 Å². The van der Waals surface area contributed by atoms with Crippen LogP contribution in [0.2, 0.25) is 0 Å². The second kappa shape index (κ2) is 8.20. The Morgan fingerprint density at radius 2 is 1.97 bits per heavy atom. The summed E-state index contributed by atoms with van der Waals surface area (Å²) in [5.74, 6) is -0.106. The lowest BCUT2D eigenvalue weighted by Gasteiger charge is -2.23. The minimum atomic E-state index is -0.172. The highest BCUT2D eigenvalue weighted by molar-refractivity contribution is 7.22. The molecule has 0 saturated carbocycles. The molecule has 0 aliphatic carbocycles. The minimum absolute atomic E-state index is 0.000736. The van der Waals surface area contributed by atoms with Crippen molar-refractivity contribution in [2.75, 3.05) is 18.1 Å². The molecule has 2 aromatic heterocycles. The van der Waals surface area contributed by atoms with Gasteiger partial charge in [0.05, 0.1) is 40.4 Å². The molecule has 0 bridgehead atoms. The lowest BCUT2D eigenvalue weighted by Crippen LogP contribution is -2.39. The quantitative estimate of drug-likeness (QED) is 0.482. The first-order valence-electron chi connectivity index (χ1n) is 10.3. The van der Waals surface area contributed by atoms with E-state index >= 15 is 0 Å². The third-order valence-corrected chi connectivity index (χ3v) is 6.64.